The molecule has 2 heterocycles. The van der Waals surface area contributed by atoms with E-state index in [0.717, 1.165) is 5.56 Å². The summed E-state index contributed by atoms with van der Waals surface area (Å²) in [4.78, 5) is 10.9. The standard InChI is InChI=1S/C9H7N5/c10-4-7-3-8(11)14-9(13-7)6-1-2-12-5-6/h1-3,5,12H,(H2,11,13,14). The number of aromatic nitrogens is 3. The van der Waals surface area contributed by atoms with E-state index in [1.54, 1.807) is 12.4 Å². The molecule has 14 heavy (non-hydrogen) atoms. The molecule has 0 spiro atoms. The molecule has 0 fully saturated rings. The molecule has 0 unspecified atom stereocenters. The summed E-state index contributed by atoms with van der Waals surface area (Å²) in [7, 11) is 0. The number of nitrogens with two attached hydrogens (primary N) is 1. The summed E-state index contributed by atoms with van der Waals surface area (Å²) in [5, 5.41) is 8.68. The van der Waals surface area contributed by atoms with Crippen molar-refractivity contribution in [3.63, 3.8) is 0 Å². The van der Waals surface area contributed by atoms with E-state index in [2.05, 4.69) is 15.0 Å². The normalized spacial score (nSPS) is 9.64. The molecule has 0 aliphatic heterocycles. The van der Waals surface area contributed by atoms with Gasteiger partial charge in [-0.3, -0.25) is 0 Å². The number of nitrogens with zero attached hydrogens (tertiary/aromatic N) is 3. The van der Waals surface area contributed by atoms with Gasteiger partial charge in [0.05, 0.1) is 0 Å². The van der Waals surface area contributed by atoms with Gasteiger partial charge in [-0.25, -0.2) is 9.97 Å². The minimum atomic E-state index is 0.272. The maximum absolute atomic E-state index is 8.68. The number of aromatic amines is 1. The number of nitrogens with one attached hydrogen (secondary N) is 1. The molecule has 5 heteroatoms. The third kappa shape index (κ3) is 1.41. The van der Waals surface area contributed by atoms with Gasteiger partial charge in [0.1, 0.15) is 17.6 Å². The lowest BCUT2D eigenvalue weighted by atomic mass is 10.3. The average molecular weight is 185 g/mol. The molecule has 0 amide bonds. The molecule has 0 atom stereocenters. The van der Waals surface area contributed by atoms with Crippen LogP contribution in [0.3, 0.4) is 0 Å². The molecule has 0 aliphatic rings. The van der Waals surface area contributed by atoms with Gasteiger partial charge < -0.3 is 10.7 Å². The fraction of sp³-hybridized carbons (Fsp3) is 0. The Morgan fingerprint density at radius 3 is 2.93 bits per heavy atom. The van der Waals surface area contributed by atoms with Crippen molar-refractivity contribution in [3.8, 4) is 17.5 Å². The Labute approximate surface area is 80.2 Å². The van der Waals surface area contributed by atoms with Crippen molar-refractivity contribution in [1.29, 1.82) is 5.26 Å². The zero-order valence-electron chi connectivity index (χ0n) is 7.23. The molecule has 0 saturated carbocycles. The van der Waals surface area contributed by atoms with Crippen LogP contribution < -0.4 is 5.73 Å². The lowest BCUT2D eigenvalue weighted by Gasteiger charge is -1.98. The summed E-state index contributed by atoms with van der Waals surface area (Å²) in [5.41, 5.74) is 6.61. The monoisotopic (exact) mass is 185 g/mol. The van der Waals surface area contributed by atoms with E-state index in [1.165, 1.54) is 6.07 Å². The van der Waals surface area contributed by atoms with Gasteiger partial charge in [-0.05, 0) is 6.07 Å². The second-order valence-electron chi connectivity index (χ2n) is 2.71. The van der Waals surface area contributed by atoms with Crippen molar-refractivity contribution in [2.75, 3.05) is 5.73 Å². The summed E-state index contributed by atoms with van der Waals surface area (Å²) < 4.78 is 0. The minimum absolute atomic E-state index is 0.272. The molecular formula is C9H7N5. The van der Waals surface area contributed by atoms with Crippen LogP contribution in [0.15, 0.2) is 24.5 Å². The number of nitriles is 1. The summed E-state index contributed by atoms with van der Waals surface area (Å²) in [5.74, 6) is 0.760. The van der Waals surface area contributed by atoms with E-state index in [0.29, 0.717) is 11.6 Å². The Hall–Kier alpha value is -2.35. The molecule has 0 radical (unpaired) electrons. The average Bonchev–Trinajstić information content (AvgIpc) is 2.69. The fourth-order valence-electron chi connectivity index (χ4n) is 1.12. The van der Waals surface area contributed by atoms with Crippen molar-refractivity contribution in [2.24, 2.45) is 0 Å². The third-order valence-corrected chi connectivity index (χ3v) is 1.72. The van der Waals surface area contributed by atoms with Crippen LogP contribution in [-0.2, 0) is 0 Å². The van der Waals surface area contributed by atoms with Crippen LogP contribution in [0.2, 0.25) is 0 Å². The Kier molecular flexibility index (Phi) is 1.88. The Bertz CT molecular complexity index is 480. The predicted octanol–water partition coefficient (Wildman–Crippen LogP) is 0.926. The van der Waals surface area contributed by atoms with Gasteiger partial charge in [0.15, 0.2) is 5.82 Å². The van der Waals surface area contributed by atoms with Crippen LogP contribution in [0.25, 0.3) is 11.4 Å². The summed E-state index contributed by atoms with van der Waals surface area (Å²) in [6, 6.07) is 5.18. The lowest BCUT2D eigenvalue weighted by molar-refractivity contribution is 1.16. The second kappa shape index (κ2) is 3.18. The fourth-order valence-corrected chi connectivity index (χ4v) is 1.12. The molecule has 0 aliphatic carbocycles. The first-order valence-corrected chi connectivity index (χ1v) is 3.97. The van der Waals surface area contributed by atoms with E-state index in [4.69, 9.17) is 11.0 Å². The SMILES string of the molecule is N#Cc1cc(N)nc(-c2cc[nH]c2)n1. The van der Waals surface area contributed by atoms with Gasteiger partial charge in [-0.2, -0.15) is 5.26 Å². The number of anilines is 1. The van der Waals surface area contributed by atoms with Gasteiger partial charge in [0.2, 0.25) is 0 Å². The molecule has 5 nitrogen and oxygen atoms in total. The van der Waals surface area contributed by atoms with E-state index in [-0.39, 0.29) is 5.69 Å². The van der Waals surface area contributed by atoms with Crippen molar-refractivity contribution in [3.05, 3.63) is 30.2 Å². The summed E-state index contributed by atoms with van der Waals surface area (Å²) >= 11 is 0. The van der Waals surface area contributed by atoms with Crippen LogP contribution in [0.4, 0.5) is 5.82 Å². The zero-order valence-corrected chi connectivity index (χ0v) is 7.23. The first-order chi connectivity index (χ1) is 6.79. The molecule has 2 aromatic rings. The van der Waals surface area contributed by atoms with Gasteiger partial charge in [0, 0.05) is 24.0 Å². The molecule has 0 aromatic carbocycles. The first-order valence-electron chi connectivity index (χ1n) is 3.97. The topological polar surface area (TPSA) is 91.4 Å². The molecule has 2 rings (SSSR count). The van der Waals surface area contributed by atoms with Crippen LogP contribution in [0.1, 0.15) is 5.69 Å². The smallest absolute Gasteiger partial charge is 0.164 e. The van der Waals surface area contributed by atoms with Crippen LogP contribution in [0, 0.1) is 11.3 Å². The summed E-state index contributed by atoms with van der Waals surface area (Å²) in [6.45, 7) is 0. The Balaban J connectivity index is 2.55. The highest BCUT2D eigenvalue weighted by molar-refractivity contribution is 5.56. The number of rotatable bonds is 1. The van der Waals surface area contributed by atoms with Gasteiger partial charge in [-0.1, -0.05) is 0 Å². The molecule has 68 valence electrons. The second-order valence-corrected chi connectivity index (χ2v) is 2.71. The molecule has 0 bridgehead atoms. The van der Waals surface area contributed by atoms with E-state index < -0.39 is 0 Å². The Morgan fingerprint density at radius 1 is 1.43 bits per heavy atom. The van der Waals surface area contributed by atoms with E-state index in [9.17, 15) is 0 Å². The number of nitrogen functional groups attached to an aromatic ring is 1. The third-order valence-electron chi connectivity index (χ3n) is 1.72. The number of hydrogen-bond acceptors (Lipinski definition) is 4. The first kappa shape index (κ1) is 8.26. The van der Waals surface area contributed by atoms with Crippen LogP contribution in [-0.4, -0.2) is 15.0 Å². The quantitative estimate of drug-likeness (QED) is 0.691. The van der Waals surface area contributed by atoms with Gasteiger partial charge in [-0.15, -0.1) is 0 Å². The maximum atomic E-state index is 8.68. The molecule has 2 aromatic heterocycles. The maximum Gasteiger partial charge on any atom is 0.164 e. The zero-order chi connectivity index (χ0) is 9.97. The van der Waals surface area contributed by atoms with Crippen molar-refractivity contribution in [1.82, 2.24) is 15.0 Å². The Morgan fingerprint density at radius 2 is 2.29 bits per heavy atom. The summed E-state index contributed by atoms with van der Waals surface area (Å²) in [6.07, 6.45) is 3.50. The van der Waals surface area contributed by atoms with E-state index in [1.807, 2.05) is 12.1 Å². The predicted molar refractivity (Wildman–Crippen MR) is 50.9 cm³/mol. The van der Waals surface area contributed by atoms with Crippen molar-refractivity contribution < 1.29 is 0 Å². The van der Waals surface area contributed by atoms with Gasteiger partial charge >= 0.3 is 0 Å². The number of H-pyrrole nitrogens is 1. The minimum Gasteiger partial charge on any atom is -0.384 e. The molecular weight excluding hydrogens is 178 g/mol. The van der Waals surface area contributed by atoms with E-state index >= 15 is 0 Å². The lowest BCUT2D eigenvalue weighted by Crippen LogP contribution is -1.97. The highest BCUT2D eigenvalue weighted by Gasteiger charge is 2.04. The highest BCUT2D eigenvalue weighted by Crippen LogP contribution is 2.15. The van der Waals surface area contributed by atoms with Crippen LogP contribution in [0.5, 0.6) is 0 Å². The molecule has 3 N–H and O–H groups in total. The highest BCUT2D eigenvalue weighted by atomic mass is 14.9. The largest absolute Gasteiger partial charge is 0.384 e. The van der Waals surface area contributed by atoms with Gasteiger partial charge in [0.25, 0.3) is 0 Å². The molecule has 0 saturated heterocycles. The number of hydrogen-bond donors (Lipinski definition) is 2. The van der Waals surface area contributed by atoms with Crippen molar-refractivity contribution in [2.45, 2.75) is 0 Å². The van der Waals surface area contributed by atoms with Crippen molar-refractivity contribution >= 4 is 5.82 Å². The van der Waals surface area contributed by atoms with Crippen LogP contribution >= 0.6 is 0 Å².